The molecule has 32 heavy (non-hydrogen) atoms. The molecule has 2 aromatic carbocycles. The predicted octanol–water partition coefficient (Wildman–Crippen LogP) is 4.41. The van der Waals surface area contributed by atoms with E-state index >= 15 is 0 Å². The standard InChI is InChI=1S/C23H23ClN2O5S/c1-15-5-10-20(13-21(15)23(29)17-6-8-18(24)9-7-17)26(14-19-4-3-11-25-19)32(30,31)16(2)12-22(27)28/h3-11,13,16,25H,12,14H2,1-2H3,(H,27,28). The summed E-state index contributed by atoms with van der Waals surface area (Å²) in [7, 11) is -4.05. The molecule has 7 nitrogen and oxygen atoms in total. The molecule has 0 bridgehead atoms. The third-order valence-corrected chi connectivity index (χ3v) is 7.50. The molecule has 1 unspecified atom stereocenters. The number of carbonyl (C=O) groups excluding carboxylic acids is 1. The van der Waals surface area contributed by atoms with Gasteiger partial charge in [-0.25, -0.2) is 8.42 Å². The van der Waals surface area contributed by atoms with Crippen LogP contribution >= 0.6 is 11.6 Å². The highest BCUT2D eigenvalue weighted by Gasteiger charge is 2.31. The largest absolute Gasteiger partial charge is 0.481 e. The Balaban J connectivity index is 2.06. The zero-order chi connectivity index (χ0) is 23.5. The van der Waals surface area contributed by atoms with Gasteiger partial charge in [-0.1, -0.05) is 17.7 Å². The first-order valence-corrected chi connectivity index (χ1v) is 11.7. The summed E-state index contributed by atoms with van der Waals surface area (Å²) in [6, 6.07) is 14.7. The summed E-state index contributed by atoms with van der Waals surface area (Å²) in [4.78, 5) is 27.2. The number of anilines is 1. The number of aliphatic carboxylic acids is 1. The smallest absolute Gasteiger partial charge is 0.304 e. The van der Waals surface area contributed by atoms with Crippen molar-refractivity contribution < 1.29 is 23.1 Å². The van der Waals surface area contributed by atoms with Crippen molar-refractivity contribution in [3.63, 3.8) is 0 Å². The first-order chi connectivity index (χ1) is 15.1. The van der Waals surface area contributed by atoms with Gasteiger partial charge in [0.1, 0.15) is 0 Å². The quantitative estimate of drug-likeness (QED) is 0.447. The van der Waals surface area contributed by atoms with E-state index in [-0.39, 0.29) is 18.0 Å². The fourth-order valence-electron chi connectivity index (χ4n) is 3.28. The van der Waals surface area contributed by atoms with E-state index in [1.54, 1.807) is 61.7 Å². The lowest BCUT2D eigenvalue weighted by Gasteiger charge is -2.27. The number of carboxylic acid groups (broad SMARTS) is 1. The van der Waals surface area contributed by atoms with Gasteiger partial charge in [-0.15, -0.1) is 0 Å². The Morgan fingerprint density at radius 3 is 2.41 bits per heavy atom. The minimum absolute atomic E-state index is 0.0308. The molecule has 0 saturated heterocycles. The maximum absolute atomic E-state index is 13.3. The van der Waals surface area contributed by atoms with Crippen LogP contribution in [-0.4, -0.2) is 35.5 Å². The molecule has 0 radical (unpaired) electrons. The number of carboxylic acids is 1. The van der Waals surface area contributed by atoms with Crippen molar-refractivity contribution in [2.24, 2.45) is 0 Å². The summed E-state index contributed by atoms with van der Waals surface area (Å²) in [5.74, 6) is -1.47. The molecule has 0 aliphatic rings. The maximum atomic E-state index is 13.3. The Labute approximate surface area is 191 Å². The zero-order valence-corrected chi connectivity index (χ0v) is 19.2. The summed E-state index contributed by atoms with van der Waals surface area (Å²) >= 11 is 5.91. The number of ketones is 1. The second-order valence-corrected chi connectivity index (χ2v) is 10.2. The molecule has 0 amide bonds. The molecule has 1 atom stereocenters. The van der Waals surface area contributed by atoms with Gasteiger partial charge in [-0.3, -0.25) is 13.9 Å². The summed E-state index contributed by atoms with van der Waals surface area (Å²) in [5.41, 5.74) is 2.36. The number of aromatic amines is 1. The van der Waals surface area contributed by atoms with E-state index in [4.69, 9.17) is 16.7 Å². The van der Waals surface area contributed by atoms with Gasteiger partial charge in [-0.2, -0.15) is 0 Å². The van der Waals surface area contributed by atoms with Crippen LogP contribution < -0.4 is 4.31 Å². The number of aromatic nitrogens is 1. The van der Waals surface area contributed by atoms with Crippen LogP contribution in [-0.2, 0) is 21.4 Å². The molecule has 1 heterocycles. The number of aryl methyl sites for hydroxylation is 1. The van der Waals surface area contributed by atoms with Crippen LogP contribution in [0.4, 0.5) is 5.69 Å². The van der Waals surface area contributed by atoms with Gasteiger partial charge in [0.25, 0.3) is 0 Å². The van der Waals surface area contributed by atoms with Gasteiger partial charge in [0, 0.05) is 28.0 Å². The van der Waals surface area contributed by atoms with E-state index in [1.807, 2.05) is 0 Å². The highest BCUT2D eigenvalue weighted by atomic mass is 35.5. The second kappa shape index (κ2) is 9.58. The number of H-pyrrole nitrogens is 1. The van der Waals surface area contributed by atoms with Crippen LogP contribution in [0.25, 0.3) is 0 Å². The van der Waals surface area contributed by atoms with E-state index < -0.39 is 27.7 Å². The first-order valence-electron chi connectivity index (χ1n) is 9.86. The fraction of sp³-hybridized carbons (Fsp3) is 0.217. The average Bonchev–Trinajstić information content (AvgIpc) is 3.25. The van der Waals surface area contributed by atoms with Gasteiger partial charge in [0.15, 0.2) is 5.78 Å². The van der Waals surface area contributed by atoms with E-state index in [2.05, 4.69) is 4.98 Å². The van der Waals surface area contributed by atoms with Crippen LogP contribution in [0.15, 0.2) is 60.8 Å². The van der Waals surface area contributed by atoms with E-state index in [0.717, 1.165) is 4.31 Å². The maximum Gasteiger partial charge on any atom is 0.304 e. The molecule has 2 N–H and O–H groups in total. The number of hydrogen-bond acceptors (Lipinski definition) is 4. The summed E-state index contributed by atoms with van der Waals surface area (Å²) < 4.78 is 27.8. The lowest BCUT2D eigenvalue weighted by atomic mass is 9.98. The predicted molar refractivity (Wildman–Crippen MR) is 124 cm³/mol. The van der Waals surface area contributed by atoms with Gasteiger partial charge in [0.05, 0.1) is 23.9 Å². The van der Waals surface area contributed by atoms with Crippen molar-refractivity contribution in [3.05, 3.63) is 88.2 Å². The fourth-order valence-corrected chi connectivity index (χ4v) is 4.92. The van der Waals surface area contributed by atoms with Gasteiger partial charge >= 0.3 is 5.97 Å². The molecule has 9 heteroatoms. The SMILES string of the molecule is Cc1ccc(N(Cc2ccc[nH]2)S(=O)(=O)C(C)CC(=O)O)cc1C(=O)c1ccc(Cl)cc1. The van der Waals surface area contributed by atoms with Crippen LogP contribution in [0.3, 0.4) is 0 Å². The summed E-state index contributed by atoms with van der Waals surface area (Å²) in [6.45, 7) is 3.10. The number of hydrogen-bond donors (Lipinski definition) is 2. The molecular weight excluding hydrogens is 452 g/mol. The minimum atomic E-state index is -4.05. The minimum Gasteiger partial charge on any atom is -0.481 e. The molecule has 0 spiro atoms. The molecular formula is C23H23ClN2O5S. The van der Waals surface area contributed by atoms with Crippen molar-refractivity contribution in [2.45, 2.75) is 32.1 Å². The lowest BCUT2D eigenvalue weighted by molar-refractivity contribution is -0.136. The van der Waals surface area contributed by atoms with E-state index in [9.17, 15) is 18.0 Å². The van der Waals surface area contributed by atoms with Crippen molar-refractivity contribution in [1.29, 1.82) is 0 Å². The Hall–Kier alpha value is -3.10. The first kappa shape index (κ1) is 23.6. The molecule has 3 rings (SSSR count). The average molecular weight is 475 g/mol. The van der Waals surface area contributed by atoms with Crippen LogP contribution in [0.5, 0.6) is 0 Å². The Kier molecular flexibility index (Phi) is 7.06. The summed E-state index contributed by atoms with van der Waals surface area (Å²) in [6.07, 6.45) is 1.14. The summed E-state index contributed by atoms with van der Waals surface area (Å²) in [5, 5.41) is 8.45. The highest BCUT2D eigenvalue weighted by Crippen LogP contribution is 2.28. The van der Waals surface area contributed by atoms with Crippen molar-refractivity contribution in [2.75, 3.05) is 4.31 Å². The molecule has 0 saturated carbocycles. The third-order valence-electron chi connectivity index (χ3n) is 5.11. The number of halogens is 1. The molecule has 0 fully saturated rings. The van der Waals surface area contributed by atoms with Crippen LogP contribution in [0.2, 0.25) is 5.02 Å². The van der Waals surface area contributed by atoms with Crippen molar-refractivity contribution in [3.8, 4) is 0 Å². The number of nitrogens with one attached hydrogen (secondary N) is 1. The molecule has 0 aliphatic carbocycles. The van der Waals surface area contributed by atoms with Crippen molar-refractivity contribution in [1.82, 2.24) is 4.98 Å². The normalized spacial score (nSPS) is 12.3. The van der Waals surface area contributed by atoms with E-state index in [0.29, 0.717) is 27.4 Å². The topological polar surface area (TPSA) is 108 Å². The monoisotopic (exact) mass is 474 g/mol. The molecule has 1 aromatic heterocycles. The second-order valence-electron chi connectivity index (χ2n) is 7.49. The Morgan fingerprint density at radius 2 is 1.81 bits per heavy atom. The lowest BCUT2D eigenvalue weighted by Crippen LogP contribution is -2.38. The number of nitrogens with zero attached hydrogens (tertiary/aromatic N) is 1. The molecule has 168 valence electrons. The molecule has 0 aliphatic heterocycles. The van der Waals surface area contributed by atoms with Gasteiger partial charge in [0.2, 0.25) is 10.0 Å². The Morgan fingerprint density at radius 1 is 1.12 bits per heavy atom. The van der Waals surface area contributed by atoms with Gasteiger partial charge in [-0.05, 0) is 67.9 Å². The number of sulfonamides is 1. The third kappa shape index (κ3) is 5.20. The zero-order valence-electron chi connectivity index (χ0n) is 17.6. The van der Waals surface area contributed by atoms with Gasteiger partial charge < -0.3 is 10.1 Å². The number of benzene rings is 2. The number of carbonyl (C=O) groups is 2. The molecule has 3 aromatic rings. The van der Waals surface area contributed by atoms with E-state index in [1.165, 1.54) is 13.0 Å². The van der Waals surface area contributed by atoms with Crippen molar-refractivity contribution >= 4 is 39.1 Å². The van der Waals surface area contributed by atoms with Crippen LogP contribution in [0.1, 0.15) is 40.5 Å². The van der Waals surface area contributed by atoms with Crippen LogP contribution in [0, 0.1) is 6.92 Å². The highest BCUT2D eigenvalue weighted by molar-refractivity contribution is 7.93. The Bertz CT molecular complexity index is 1220. The number of rotatable bonds is 9.